The predicted octanol–water partition coefficient (Wildman–Crippen LogP) is 15.1. The molecule has 5 aromatic rings. The number of nitrogens with zero attached hydrogens (tertiary/aromatic N) is 1. The Morgan fingerprint density at radius 3 is 1.37 bits per heavy atom. The van der Waals surface area contributed by atoms with E-state index in [1.807, 2.05) is 24.4 Å². The van der Waals surface area contributed by atoms with Crippen LogP contribution in [0.15, 0.2) is 109 Å². The Bertz CT molecular complexity index is 1780. The standard InChI is InChI=1S/C50H61NO/c1-3-5-7-9-11-13-15-18-34-50(35-19-16-14-12-10-8-6-4-2)47-37-42(41-24-22-39(23-25-41)40-26-30-44(52)31-27-40)28-32-45(47)46-33-29-43(38-48(46)50)49-21-17-20-36-51-49/h17,20-33,36-38,52H,3-16,18-19,34-35H2,1-2H3. The van der Waals surface area contributed by atoms with Crippen LogP contribution in [0.2, 0.25) is 0 Å². The van der Waals surface area contributed by atoms with Crippen molar-refractivity contribution in [3.8, 4) is 50.4 Å². The van der Waals surface area contributed by atoms with Gasteiger partial charge in [-0.05, 0) is 93.7 Å². The summed E-state index contributed by atoms with van der Waals surface area (Å²) >= 11 is 0. The average Bonchev–Trinajstić information content (AvgIpc) is 3.45. The van der Waals surface area contributed by atoms with Gasteiger partial charge in [0, 0.05) is 17.2 Å². The lowest BCUT2D eigenvalue weighted by Crippen LogP contribution is -2.25. The van der Waals surface area contributed by atoms with Crippen LogP contribution in [0.4, 0.5) is 0 Å². The summed E-state index contributed by atoms with van der Waals surface area (Å²) in [5, 5.41) is 9.79. The molecule has 0 saturated heterocycles. The Labute approximate surface area is 314 Å². The van der Waals surface area contributed by atoms with Gasteiger partial charge in [0.05, 0.1) is 5.69 Å². The topological polar surface area (TPSA) is 33.1 Å². The number of aromatic hydroxyl groups is 1. The van der Waals surface area contributed by atoms with Gasteiger partial charge in [-0.15, -0.1) is 0 Å². The summed E-state index contributed by atoms with van der Waals surface area (Å²) in [6, 6.07) is 37.3. The van der Waals surface area contributed by atoms with Crippen LogP contribution in [0.3, 0.4) is 0 Å². The molecule has 52 heavy (non-hydrogen) atoms. The first kappa shape index (κ1) is 37.6. The number of unbranched alkanes of at least 4 members (excludes halogenated alkanes) is 14. The van der Waals surface area contributed by atoms with Crippen molar-refractivity contribution in [3.05, 3.63) is 120 Å². The van der Waals surface area contributed by atoms with Gasteiger partial charge in [-0.1, -0.05) is 183 Å². The average molecular weight is 692 g/mol. The van der Waals surface area contributed by atoms with Crippen LogP contribution >= 0.6 is 0 Å². The molecule has 1 aromatic heterocycles. The van der Waals surface area contributed by atoms with E-state index in [9.17, 15) is 5.11 Å². The molecule has 0 spiro atoms. The number of benzene rings is 4. The Morgan fingerprint density at radius 1 is 0.442 bits per heavy atom. The maximum atomic E-state index is 9.79. The highest BCUT2D eigenvalue weighted by Gasteiger charge is 2.42. The number of rotatable bonds is 21. The molecular formula is C50H61NO. The maximum Gasteiger partial charge on any atom is 0.115 e. The second-order valence-electron chi connectivity index (χ2n) is 15.4. The lowest BCUT2D eigenvalue weighted by atomic mass is 9.70. The Balaban J connectivity index is 1.33. The van der Waals surface area contributed by atoms with Crippen LogP contribution in [-0.4, -0.2) is 10.1 Å². The first-order chi connectivity index (χ1) is 25.6. The molecule has 0 aliphatic heterocycles. The fourth-order valence-electron chi connectivity index (χ4n) is 8.66. The number of aromatic nitrogens is 1. The second kappa shape index (κ2) is 19.1. The molecule has 2 heteroatoms. The third-order valence-corrected chi connectivity index (χ3v) is 11.7. The molecule has 4 aromatic carbocycles. The van der Waals surface area contributed by atoms with Crippen molar-refractivity contribution in [1.82, 2.24) is 4.98 Å². The molecule has 1 aliphatic rings. The lowest BCUT2D eigenvalue weighted by molar-refractivity contribution is 0.397. The van der Waals surface area contributed by atoms with Crippen LogP contribution in [0.5, 0.6) is 5.75 Å². The highest BCUT2D eigenvalue weighted by Crippen LogP contribution is 2.55. The van der Waals surface area contributed by atoms with Crippen LogP contribution in [0.1, 0.15) is 141 Å². The van der Waals surface area contributed by atoms with Crippen molar-refractivity contribution in [1.29, 1.82) is 0 Å². The summed E-state index contributed by atoms with van der Waals surface area (Å²) in [6.45, 7) is 4.61. The summed E-state index contributed by atoms with van der Waals surface area (Å²) in [5.74, 6) is 0.300. The van der Waals surface area contributed by atoms with Crippen LogP contribution in [-0.2, 0) is 5.41 Å². The summed E-state index contributed by atoms with van der Waals surface area (Å²) in [4.78, 5) is 4.78. The van der Waals surface area contributed by atoms with E-state index in [0.717, 1.165) is 16.8 Å². The zero-order valence-electron chi connectivity index (χ0n) is 32.0. The number of pyridine rings is 1. The zero-order valence-corrected chi connectivity index (χ0v) is 32.0. The van der Waals surface area contributed by atoms with Gasteiger partial charge in [-0.2, -0.15) is 0 Å². The van der Waals surface area contributed by atoms with Gasteiger partial charge >= 0.3 is 0 Å². The van der Waals surface area contributed by atoms with Crippen LogP contribution in [0.25, 0.3) is 44.6 Å². The molecule has 272 valence electrons. The highest BCUT2D eigenvalue weighted by molar-refractivity contribution is 5.86. The minimum Gasteiger partial charge on any atom is -0.508 e. The zero-order chi connectivity index (χ0) is 36.0. The number of fused-ring (bicyclic) bond motifs is 3. The summed E-state index contributed by atoms with van der Waals surface area (Å²) in [7, 11) is 0. The molecule has 1 N–H and O–H groups in total. The van der Waals surface area contributed by atoms with Gasteiger partial charge in [0.15, 0.2) is 0 Å². The van der Waals surface area contributed by atoms with Gasteiger partial charge in [0.1, 0.15) is 5.75 Å². The van der Waals surface area contributed by atoms with E-state index >= 15 is 0 Å². The normalized spacial score (nSPS) is 12.9. The molecule has 0 bridgehead atoms. The van der Waals surface area contributed by atoms with E-state index in [1.165, 1.54) is 155 Å². The second-order valence-corrected chi connectivity index (χ2v) is 15.4. The van der Waals surface area contributed by atoms with Crippen molar-refractivity contribution >= 4 is 0 Å². The van der Waals surface area contributed by atoms with Crippen LogP contribution in [0, 0.1) is 0 Å². The van der Waals surface area contributed by atoms with E-state index in [2.05, 4.69) is 86.6 Å². The van der Waals surface area contributed by atoms with E-state index in [4.69, 9.17) is 4.98 Å². The first-order valence-corrected chi connectivity index (χ1v) is 20.7. The van der Waals surface area contributed by atoms with Gasteiger partial charge in [-0.3, -0.25) is 4.98 Å². The number of hydrogen-bond acceptors (Lipinski definition) is 2. The van der Waals surface area contributed by atoms with Crippen LogP contribution < -0.4 is 0 Å². The van der Waals surface area contributed by atoms with E-state index in [0.29, 0.717) is 5.75 Å². The molecule has 0 amide bonds. The highest BCUT2D eigenvalue weighted by atomic mass is 16.3. The lowest BCUT2D eigenvalue weighted by Gasteiger charge is -2.33. The van der Waals surface area contributed by atoms with Crippen molar-refractivity contribution in [2.24, 2.45) is 0 Å². The molecular weight excluding hydrogens is 631 g/mol. The molecule has 2 nitrogen and oxygen atoms in total. The Morgan fingerprint density at radius 2 is 0.865 bits per heavy atom. The van der Waals surface area contributed by atoms with Gasteiger partial charge in [-0.25, -0.2) is 0 Å². The minimum atomic E-state index is 0.00185. The fourth-order valence-corrected chi connectivity index (χ4v) is 8.66. The van der Waals surface area contributed by atoms with Crippen molar-refractivity contribution in [2.45, 2.75) is 135 Å². The summed E-state index contributed by atoms with van der Waals surface area (Å²) in [5.41, 5.74) is 13.0. The first-order valence-electron chi connectivity index (χ1n) is 20.7. The molecule has 0 fully saturated rings. The monoisotopic (exact) mass is 691 g/mol. The van der Waals surface area contributed by atoms with E-state index in [-0.39, 0.29) is 5.41 Å². The maximum absolute atomic E-state index is 9.79. The number of phenolic OH excluding ortho intramolecular Hbond substituents is 1. The quantitative estimate of drug-likeness (QED) is 0.0777. The minimum absolute atomic E-state index is 0.00185. The predicted molar refractivity (Wildman–Crippen MR) is 223 cm³/mol. The third-order valence-electron chi connectivity index (χ3n) is 11.7. The molecule has 0 atom stereocenters. The van der Waals surface area contributed by atoms with Crippen molar-refractivity contribution in [3.63, 3.8) is 0 Å². The largest absolute Gasteiger partial charge is 0.508 e. The molecule has 1 aliphatic carbocycles. The summed E-state index contributed by atoms with van der Waals surface area (Å²) in [6.07, 6.45) is 25.8. The Hall–Kier alpha value is -4.17. The van der Waals surface area contributed by atoms with Gasteiger partial charge in [0.25, 0.3) is 0 Å². The molecule has 0 saturated carbocycles. The molecule has 1 heterocycles. The summed E-state index contributed by atoms with van der Waals surface area (Å²) < 4.78 is 0. The fraction of sp³-hybridized carbons (Fsp3) is 0.420. The number of phenols is 1. The van der Waals surface area contributed by atoms with Gasteiger partial charge < -0.3 is 5.11 Å². The number of hydrogen-bond donors (Lipinski definition) is 1. The molecule has 0 radical (unpaired) electrons. The Kier molecular flexibility index (Phi) is 13.8. The van der Waals surface area contributed by atoms with Gasteiger partial charge in [0.2, 0.25) is 0 Å². The van der Waals surface area contributed by atoms with E-state index in [1.54, 1.807) is 12.1 Å². The molecule has 6 rings (SSSR count). The van der Waals surface area contributed by atoms with Crippen molar-refractivity contribution < 1.29 is 5.11 Å². The smallest absolute Gasteiger partial charge is 0.115 e. The van der Waals surface area contributed by atoms with E-state index < -0.39 is 0 Å². The third kappa shape index (κ3) is 9.24. The SMILES string of the molecule is CCCCCCCCCCC1(CCCCCCCCCC)c2cc(-c3ccc(-c4ccc(O)cc4)cc3)ccc2-c2ccc(-c3ccccn3)cc21. The molecule has 0 unspecified atom stereocenters. The van der Waals surface area contributed by atoms with Crippen molar-refractivity contribution in [2.75, 3.05) is 0 Å².